The minimum absolute atomic E-state index is 0.0668. The number of aromatic amines is 1. The Hall–Kier alpha value is -2.24. The monoisotopic (exact) mass is 544 g/mol. The van der Waals surface area contributed by atoms with Crippen molar-refractivity contribution in [2.45, 2.75) is 37.1 Å². The van der Waals surface area contributed by atoms with Gasteiger partial charge in [0.1, 0.15) is 5.75 Å². The zero-order valence-corrected chi connectivity index (χ0v) is 21.6. The first kappa shape index (κ1) is 28.3. The largest absolute Gasteiger partial charge is 0.496 e. The van der Waals surface area contributed by atoms with Crippen LogP contribution < -0.4 is 10.3 Å². The molecule has 0 amide bonds. The van der Waals surface area contributed by atoms with E-state index in [1.54, 1.807) is 12.1 Å². The molecule has 196 valence electrons. The van der Waals surface area contributed by atoms with Crippen molar-refractivity contribution >= 4 is 34.3 Å². The predicted octanol–water partition coefficient (Wildman–Crippen LogP) is 5.03. The zero-order chi connectivity index (χ0) is 26.6. The molecule has 1 heterocycles. The molecule has 1 atom stereocenters. The number of hydrogen-bond donors (Lipinski definition) is 3. The van der Waals surface area contributed by atoms with Crippen LogP contribution in [0.4, 0.5) is 13.2 Å². The fraction of sp³-hybridized carbons (Fsp3) is 0.400. The Morgan fingerprint density at radius 1 is 1.19 bits per heavy atom. The summed E-state index contributed by atoms with van der Waals surface area (Å²) >= 11 is 7.26. The Kier molecular flexibility index (Phi) is 9.34. The Morgan fingerprint density at radius 3 is 2.53 bits per heavy atom. The maximum absolute atomic E-state index is 13.6. The van der Waals surface area contributed by atoms with E-state index in [0.717, 1.165) is 23.9 Å². The van der Waals surface area contributed by atoms with Gasteiger partial charge in [-0.05, 0) is 50.2 Å². The van der Waals surface area contributed by atoms with Crippen molar-refractivity contribution in [2.24, 2.45) is 0 Å². The lowest BCUT2D eigenvalue weighted by Crippen LogP contribution is -2.40. The summed E-state index contributed by atoms with van der Waals surface area (Å²) in [4.78, 5) is 17.8. The topological polar surface area (TPSA) is 85.8 Å². The minimum atomic E-state index is -4.59. The quantitative estimate of drug-likeness (QED) is 0.310. The van der Waals surface area contributed by atoms with Crippen LogP contribution in [0.2, 0.25) is 5.02 Å². The molecule has 0 aliphatic carbocycles. The molecule has 3 N–H and O–H groups in total. The van der Waals surface area contributed by atoms with Gasteiger partial charge in [0.15, 0.2) is 0 Å². The zero-order valence-electron chi connectivity index (χ0n) is 20.0. The number of H-pyrrole nitrogens is 1. The van der Waals surface area contributed by atoms with Gasteiger partial charge in [-0.15, -0.1) is 11.8 Å². The maximum Gasteiger partial charge on any atom is 0.416 e. The van der Waals surface area contributed by atoms with Crippen molar-refractivity contribution in [1.82, 2.24) is 9.88 Å². The van der Waals surface area contributed by atoms with E-state index in [-0.39, 0.29) is 46.3 Å². The predicted molar refractivity (Wildman–Crippen MR) is 137 cm³/mol. The first-order valence-electron chi connectivity index (χ1n) is 11.2. The average Bonchev–Trinajstić information content (AvgIpc) is 2.81. The number of halogens is 4. The Balaban J connectivity index is 2.15. The number of nitrogens with one attached hydrogen (secondary N) is 1. The van der Waals surface area contributed by atoms with Crippen LogP contribution >= 0.6 is 23.4 Å². The molecule has 2 aromatic carbocycles. The number of aliphatic hydroxyl groups is 2. The summed E-state index contributed by atoms with van der Waals surface area (Å²) in [6, 6.07) is 7.90. The number of alkyl halides is 3. The van der Waals surface area contributed by atoms with Crippen LogP contribution in [-0.2, 0) is 6.18 Å². The van der Waals surface area contributed by atoms with Crippen LogP contribution in [0.1, 0.15) is 19.4 Å². The molecule has 0 aliphatic heterocycles. The molecule has 0 bridgehead atoms. The minimum Gasteiger partial charge on any atom is -0.496 e. The normalized spacial score (nSPS) is 13.1. The highest BCUT2D eigenvalue weighted by Crippen LogP contribution is 2.42. The Morgan fingerprint density at radius 2 is 1.92 bits per heavy atom. The van der Waals surface area contributed by atoms with Gasteiger partial charge in [0.2, 0.25) is 0 Å². The number of hydrogen-bond acceptors (Lipinski definition) is 6. The highest BCUT2D eigenvalue weighted by atomic mass is 35.5. The number of nitrogens with zero attached hydrogens (tertiary/aromatic N) is 1. The Bertz CT molecular complexity index is 1270. The van der Waals surface area contributed by atoms with Gasteiger partial charge >= 0.3 is 6.18 Å². The molecule has 6 nitrogen and oxygen atoms in total. The number of thioether (sulfide) groups is 1. The molecule has 36 heavy (non-hydrogen) atoms. The second-order valence-corrected chi connectivity index (χ2v) is 10.0. The third kappa shape index (κ3) is 6.54. The highest BCUT2D eigenvalue weighted by Gasteiger charge is 2.31. The number of fused-ring (bicyclic) bond motifs is 1. The summed E-state index contributed by atoms with van der Waals surface area (Å²) in [5, 5.41) is 20.4. The van der Waals surface area contributed by atoms with Crippen LogP contribution in [0.25, 0.3) is 22.0 Å². The maximum atomic E-state index is 13.6. The SMILES string of the molecule is COc1ccc(Cl)cc1-c1c(SCC(O)CN(CCO)C(C)C)c(=O)[nH]c2ccc(C(F)(F)F)cc12. The molecule has 0 fully saturated rings. The van der Waals surface area contributed by atoms with E-state index >= 15 is 0 Å². The van der Waals surface area contributed by atoms with Crippen molar-refractivity contribution in [3.05, 3.63) is 57.3 Å². The van der Waals surface area contributed by atoms with Gasteiger partial charge in [-0.25, -0.2) is 0 Å². The molecule has 0 saturated heterocycles. The molecular formula is C25H28ClF3N2O4S. The molecule has 0 aliphatic rings. The lowest BCUT2D eigenvalue weighted by molar-refractivity contribution is -0.137. The van der Waals surface area contributed by atoms with Gasteiger partial charge in [0, 0.05) is 51.9 Å². The lowest BCUT2D eigenvalue weighted by Gasteiger charge is -2.28. The number of methoxy groups -OCH3 is 1. The van der Waals surface area contributed by atoms with Gasteiger partial charge in [-0.2, -0.15) is 13.2 Å². The van der Waals surface area contributed by atoms with E-state index in [1.807, 2.05) is 18.7 Å². The van der Waals surface area contributed by atoms with Crippen LogP contribution in [0.5, 0.6) is 5.75 Å². The fourth-order valence-electron chi connectivity index (χ4n) is 3.92. The number of aromatic nitrogens is 1. The fourth-order valence-corrected chi connectivity index (χ4v) is 5.11. The van der Waals surface area contributed by atoms with Crippen LogP contribution in [0.3, 0.4) is 0 Å². The Labute approximate surface area is 216 Å². The van der Waals surface area contributed by atoms with E-state index in [1.165, 1.54) is 19.2 Å². The summed E-state index contributed by atoms with van der Waals surface area (Å²) in [6.07, 6.45) is -5.45. The van der Waals surface area contributed by atoms with E-state index in [9.17, 15) is 28.2 Å². The highest BCUT2D eigenvalue weighted by molar-refractivity contribution is 7.99. The molecule has 11 heteroatoms. The van der Waals surface area contributed by atoms with Crippen LogP contribution in [0, 0.1) is 0 Å². The van der Waals surface area contributed by atoms with E-state index in [2.05, 4.69) is 4.98 Å². The number of pyridine rings is 1. The molecular weight excluding hydrogens is 517 g/mol. The molecule has 3 aromatic rings. The third-order valence-electron chi connectivity index (χ3n) is 5.71. The summed E-state index contributed by atoms with van der Waals surface area (Å²) in [5.74, 6) is 0.429. The van der Waals surface area contributed by atoms with Crippen molar-refractivity contribution < 1.29 is 28.1 Å². The number of benzene rings is 2. The summed E-state index contributed by atoms with van der Waals surface area (Å²) < 4.78 is 46.1. The van der Waals surface area contributed by atoms with Crippen molar-refractivity contribution in [3.8, 4) is 16.9 Å². The number of rotatable bonds is 10. The molecule has 1 aromatic heterocycles. The van der Waals surface area contributed by atoms with E-state index in [0.29, 0.717) is 22.9 Å². The first-order chi connectivity index (χ1) is 17.0. The standard InChI is InChI=1S/C25H28ClF3N2O4S/c1-14(2)31(8-9-32)12-17(33)13-36-23-22(19-11-16(26)5-7-21(19)35-3)18-10-15(25(27,28)29)4-6-20(18)30-24(23)34/h4-7,10-11,14,17,32-33H,8-9,12-13H2,1-3H3,(H,30,34). The second-order valence-electron chi connectivity index (χ2n) is 8.54. The first-order valence-corrected chi connectivity index (χ1v) is 12.6. The van der Waals surface area contributed by atoms with E-state index in [4.69, 9.17) is 16.3 Å². The summed E-state index contributed by atoms with van der Waals surface area (Å²) in [6.45, 7) is 4.44. The second kappa shape index (κ2) is 11.9. The summed E-state index contributed by atoms with van der Waals surface area (Å²) in [7, 11) is 1.42. The van der Waals surface area contributed by atoms with Gasteiger partial charge in [0.05, 0.1) is 30.3 Å². The van der Waals surface area contributed by atoms with Crippen molar-refractivity contribution in [3.63, 3.8) is 0 Å². The smallest absolute Gasteiger partial charge is 0.416 e. The van der Waals surface area contributed by atoms with Crippen molar-refractivity contribution in [1.29, 1.82) is 0 Å². The van der Waals surface area contributed by atoms with E-state index < -0.39 is 23.4 Å². The molecule has 0 saturated carbocycles. The third-order valence-corrected chi connectivity index (χ3v) is 7.18. The van der Waals surface area contributed by atoms with Crippen LogP contribution in [-0.4, -0.2) is 64.8 Å². The molecule has 0 radical (unpaired) electrons. The summed E-state index contributed by atoms with van der Waals surface area (Å²) in [5.41, 5.74) is -0.540. The van der Waals surface area contributed by atoms with Gasteiger partial charge in [-0.3, -0.25) is 9.69 Å². The average molecular weight is 545 g/mol. The van der Waals surface area contributed by atoms with Gasteiger partial charge < -0.3 is 19.9 Å². The van der Waals surface area contributed by atoms with Crippen molar-refractivity contribution in [2.75, 3.05) is 32.6 Å². The lowest BCUT2D eigenvalue weighted by atomic mass is 9.98. The molecule has 1 unspecified atom stereocenters. The number of aliphatic hydroxyl groups excluding tert-OH is 2. The number of ether oxygens (including phenoxy) is 1. The molecule has 0 spiro atoms. The van der Waals surface area contributed by atoms with Gasteiger partial charge in [0.25, 0.3) is 5.56 Å². The van der Waals surface area contributed by atoms with Gasteiger partial charge in [-0.1, -0.05) is 11.6 Å². The molecule has 3 rings (SSSR count). The van der Waals surface area contributed by atoms with Crippen LogP contribution in [0.15, 0.2) is 46.1 Å².